The number of carbonyl (C=O) groups excluding carboxylic acids is 2. The number of amides is 1. The minimum atomic E-state index is -4.67. The lowest BCUT2D eigenvalue weighted by Crippen LogP contribution is -2.36. The predicted molar refractivity (Wildman–Crippen MR) is 120 cm³/mol. The lowest BCUT2D eigenvalue weighted by Gasteiger charge is -2.22. The Labute approximate surface area is 211 Å². The van der Waals surface area contributed by atoms with E-state index < -0.39 is 78.9 Å². The first-order chi connectivity index (χ1) is 17.2. The minimum absolute atomic E-state index is 0.0611. The summed E-state index contributed by atoms with van der Waals surface area (Å²) in [7, 11) is 0. The van der Waals surface area contributed by atoms with E-state index in [1.54, 1.807) is 0 Å². The van der Waals surface area contributed by atoms with Gasteiger partial charge < -0.3 is 15.0 Å². The smallest absolute Gasteiger partial charge is 0.408 e. The zero-order valence-electron chi connectivity index (χ0n) is 19.8. The monoisotopic (exact) mass is 556 g/mol. The number of thiazole rings is 1. The number of pyridine rings is 1. The van der Waals surface area contributed by atoms with Crippen LogP contribution in [0.15, 0.2) is 12.3 Å². The number of nitrogens with one attached hydrogen (secondary N) is 1. The maximum atomic E-state index is 14.1. The number of anilines is 1. The number of alkyl halides is 7. The minimum Gasteiger partial charge on any atom is -0.461 e. The third-order valence-electron chi connectivity index (χ3n) is 5.61. The predicted octanol–water partition coefficient (Wildman–Crippen LogP) is 5.94. The van der Waals surface area contributed by atoms with E-state index in [2.05, 4.69) is 15.3 Å². The summed E-state index contributed by atoms with van der Waals surface area (Å²) in [5.41, 5.74) is -1.71. The molecule has 1 saturated heterocycles. The fraction of sp³-hybridized carbons (Fsp3) is 0.545. The third-order valence-corrected chi connectivity index (χ3v) is 6.68. The van der Waals surface area contributed by atoms with E-state index in [4.69, 9.17) is 4.74 Å². The average Bonchev–Trinajstić information content (AvgIpc) is 3.36. The van der Waals surface area contributed by atoms with E-state index in [1.807, 2.05) is 0 Å². The zero-order chi connectivity index (χ0) is 27.7. The molecule has 1 N–H and O–H groups in total. The van der Waals surface area contributed by atoms with Crippen molar-refractivity contribution in [3.8, 4) is 10.4 Å². The average molecular weight is 557 g/mol. The van der Waals surface area contributed by atoms with E-state index in [1.165, 1.54) is 20.8 Å². The molecule has 2 aromatic rings. The molecule has 7 nitrogen and oxygen atoms in total. The molecule has 2 atom stereocenters. The Balaban J connectivity index is 2.11. The Kier molecular flexibility index (Phi) is 8.34. The molecule has 1 fully saturated rings. The first-order valence-corrected chi connectivity index (χ1v) is 12.0. The van der Waals surface area contributed by atoms with Gasteiger partial charge in [0.25, 0.3) is 18.3 Å². The number of carbonyl (C=O) groups is 2. The second-order valence-corrected chi connectivity index (χ2v) is 9.36. The molecular weight excluding hydrogens is 533 g/mol. The molecule has 0 aliphatic carbocycles. The molecular formula is C22H23F7N4O3S. The summed E-state index contributed by atoms with van der Waals surface area (Å²) < 4.78 is 100. The largest absolute Gasteiger partial charge is 0.461 e. The van der Waals surface area contributed by atoms with Crippen LogP contribution in [0.1, 0.15) is 65.9 Å². The van der Waals surface area contributed by atoms with E-state index in [9.17, 15) is 40.3 Å². The zero-order valence-corrected chi connectivity index (χ0v) is 20.7. The highest BCUT2D eigenvalue weighted by Gasteiger charge is 2.46. The van der Waals surface area contributed by atoms with Crippen molar-refractivity contribution in [3.63, 3.8) is 0 Å². The number of rotatable bonds is 8. The highest BCUT2D eigenvalue weighted by Crippen LogP contribution is 2.40. The van der Waals surface area contributed by atoms with Crippen molar-refractivity contribution in [2.45, 2.75) is 64.2 Å². The summed E-state index contributed by atoms with van der Waals surface area (Å²) in [4.78, 5) is 33.8. The van der Waals surface area contributed by atoms with Gasteiger partial charge >= 0.3 is 12.1 Å². The number of hydrogen-bond donors (Lipinski definition) is 1. The number of aromatic nitrogens is 2. The van der Waals surface area contributed by atoms with Gasteiger partial charge in [0.15, 0.2) is 0 Å². The fourth-order valence-electron chi connectivity index (χ4n) is 3.86. The maximum absolute atomic E-state index is 14.1. The number of hydrogen-bond acceptors (Lipinski definition) is 7. The van der Waals surface area contributed by atoms with Gasteiger partial charge in [0.05, 0.1) is 18.0 Å². The first kappa shape index (κ1) is 28.6. The number of esters is 1. The molecule has 0 radical (unpaired) electrons. The molecule has 3 rings (SSSR count). The second-order valence-electron chi connectivity index (χ2n) is 8.36. The molecule has 1 aliphatic rings. The number of nitrogens with zero attached hydrogens (tertiary/aromatic N) is 3. The van der Waals surface area contributed by atoms with E-state index >= 15 is 0 Å². The first-order valence-electron chi connectivity index (χ1n) is 11.2. The van der Waals surface area contributed by atoms with Crippen molar-refractivity contribution < 1.29 is 45.1 Å². The van der Waals surface area contributed by atoms with Gasteiger partial charge in [0.2, 0.25) is 5.01 Å². The van der Waals surface area contributed by atoms with Crippen molar-refractivity contribution in [2.75, 3.05) is 18.5 Å². The van der Waals surface area contributed by atoms with Gasteiger partial charge in [-0.05, 0) is 26.3 Å². The summed E-state index contributed by atoms with van der Waals surface area (Å²) in [6.07, 6.45) is -8.08. The topological polar surface area (TPSA) is 84.4 Å². The van der Waals surface area contributed by atoms with Crippen LogP contribution in [0.25, 0.3) is 10.4 Å². The van der Waals surface area contributed by atoms with Gasteiger partial charge in [0, 0.05) is 29.8 Å². The van der Waals surface area contributed by atoms with Gasteiger partial charge in [-0.25, -0.2) is 32.3 Å². The molecule has 204 valence electrons. The van der Waals surface area contributed by atoms with Crippen LogP contribution < -0.4 is 5.32 Å². The molecule has 1 amide bonds. The molecule has 1 unspecified atom stereocenters. The molecule has 15 heteroatoms. The molecule has 0 bridgehead atoms. The highest BCUT2D eigenvalue weighted by molar-refractivity contribution is 7.17. The SMILES string of the molecule is CCOC(=O)c1nc(C(=O)N2CC(F)(F)C[C@@H]2C)c(-c2cnc(NC(CC)C(F)(F)F)cc2C(F)F)s1. The Morgan fingerprint density at radius 2 is 1.97 bits per heavy atom. The Hall–Kier alpha value is -2.97. The van der Waals surface area contributed by atoms with Crippen molar-refractivity contribution in [3.05, 3.63) is 28.5 Å². The van der Waals surface area contributed by atoms with Crippen LogP contribution in [0, 0.1) is 0 Å². The number of ether oxygens (including phenoxy) is 1. The normalized spacial score (nSPS) is 18.2. The lowest BCUT2D eigenvalue weighted by molar-refractivity contribution is -0.142. The van der Waals surface area contributed by atoms with E-state index in [0.717, 1.165) is 11.1 Å². The summed E-state index contributed by atoms with van der Waals surface area (Å²) in [5.74, 6) is -5.64. The summed E-state index contributed by atoms with van der Waals surface area (Å²) in [6, 6.07) is -2.25. The van der Waals surface area contributed by atoms with Crippen molar-refractivity contribution in [1.29, 1.82) is 0 Å². The van der Waals surface area contributed by atoms with Crippen LogP contribution in [0.4, 0.5) is 36.6 Å². The van der Waals surface area contributed by atoms with Crippen LogP contribution >= 0.6 is 11.3 Å². The number of halogens is 7. The van der Waals surface area contributed by atoms with Gasteiger partial charge in [-0.15, -0.1) is 11.3 Å². The van der Waals surface area contributed by atoms with Crippen LogP contribution in [-0.4, -0.2) is 64.1 Å². The molecule has 0 spiro atoms. The second kappa shape index (κ2) is 10.8. The van der Waals surface area contributed by atoms with E-state index in [-0.39, 0.29) is 22.1 Å². The van der Waals surface area contributed by atoms with Gasteiger partial charge in [-0.2, -0.15) is 13.2 Å². The molecule has 1 aliphatic heterocycles. The molecule has 37 heavy (non-hydrogen) atoms. The summed E-state index contributed by atoms with van der Waals surface area (Å²) in [6.45, 7) is 3.14. The van der Waals surface area contributed by atoms with Crippen LogP contribution in [0.3, 0.4) is 0 Å². The van der Waals surface area contributed by atoms with Crippen LogP contribution in [0.5, 0.6) is 0 Å². The number of likely N-dealkylation sites (tertiary alicyclic amines) is 1. The molecule has 0 saturated carbocycles. The summed E-state index contributed by atoms with van der Waals surface area (Å²) >= 11 is 0.515. The van der Waals surface area contributed by atoms with Gasteiger partial charge in [-0.1, -0.05) is 6.92 Å². The van der Waals surface area contributed by atoms with E-state index in [0.29, 0.717) is 17.4 Å². The quantitative estimate of drug-likeness (QED) is 0.320. The van der Waals surface area contributed by atoms with Gasteiger partial charge in [0.1, 0.15) is 17.6 Å². The van der Waals surface area contributed by atoms with Crippen LogP contribution in [-0.2, 0) is 4.74 Å². The highest BCUT2D eigenvalue weighted by atomic mass is 32.1. The molecule has 0 aromatic carbocycles. The summed E-state index contributed by atoms with van der Waals surface area (Å²) in [5, 5.41) is 1.68. The Morgan fingerprint density at radius 1 is 1.30 bits per heavy atom. The van der Waals surface area contributed by atoms with Gasteiger partial charge in [-0.3, -0.25) is 4.79 Å². The fourth-order valence-corrected chi connectivity index (χ4v) is 4.84. The Bertz CT molecular complexity index is 1160. The van der Waals surface area contributed by atoms with Crippen molar-refractivity contribution >= 4 is 29.0 Å². The maximum Gasteiger partial charge on any atom is 0.408 e. The van der Waals surface area contributed by atoms with Crippen molar-refractivity contribution in [1.82, 2.24) is 14.9 Å². The third kappa shape index (κ3) is 6.30. The lowest BCUT2D eigenvalue weighted by atomic mass is 10.1. The Morgan fingerprint density at radius 3 is 2.49 bits per heavy atom. The van der Waals surface area contributed by atoms with Crippen molar-refractivity contribution in [2.24, 2.45) is 0 Å². The molecule has 2 aromatic heterocycles. The van der Waals surface area contributed by atoms with Crippen LogP contribution in [0.2, 0.25) is 0 Å². The standard InChI is InChI=1S/C22H23F7N4O3S/c1-4-13(22(27,28)29)31-14-6-11(17(23)24)12(8-30-14)16-15(32-18(37-16)20(35)36-5-2)19(34)33-9-21(25,26)7-10(33)3/h6,8,10,13,17H,4-5,7,9H2,1-3H3,(H,30,31)/t10-,13?/m0/s1. The molecule has 3 heterocycles.